The van der Waals surface area contributed by atoms with E-state index in [0.717, 1.165) is 18.1 Å². The van der Waals surface area contributed by atoms with Crippen molar-refractivity contribution in [1.29, 1.82) is 0 Å². The van der Waals surface area contributed by atoms with Crippen molar-refractivity contribution >= 4 is 11.6 Å². The summed E-state index contributed by atoms with van der Waals surface area (Å²) < 4.78 is 0. The van der Waals surface area contributed by atoms with Gasteiger partial charge in [0.1, 0.15) is 0 Å². The number of likely N-dealkylation sites (tertiary alicyclic amines) is 1. The van der Waals surface area contributed by atoms with Gasteiger partial charge in [0.25, 0.3) is 0 Å². The number of benzene rings is 1. The van der Waals surface area contributed by atoms with Crippen LogP contribution in [0.5, 0.6) is 0 Å². The van der Waals surface area contributed by atoms with Crippen LogP contribution in [0, 0.1) is 5.41 Å². The molecule has 1 unspecified atom stereocenters. The summed E-state index contributed by atoms with van der Waals surface area (Å²) >= 11 is 6.40. The monoisotopic (exact) mass is 264 g/mol. The standard InChI is InChI=1S/C15H21ClN2/c1-18-8-6-15(7-9-18)11-17-10-13(15)12-4-2-3-5-14(12)16/h2-5,13,17H,6-11H2,1H3. The Morgan fingerprint density at radius 1 is 1.28 bits per heavy atom. The van der Waals surface area contributed by atoms with Gasteiger partial charge >= 0.3 is 0 Å². The number of rotatable bonds is 1. The molecule has 0 amide bonds. The van der Waals surface area contributed by atoms with E-state index in [4.69, 9.17) is 11.6 Å². The van der Waals surface area contributed by atoms with Crippen LogP contribution in [0.25, 0.3) is 0 Å². The highest BCUT2D eigenvalue weighted by molar-refractivity contribution is 6.31. The Hall–Kier alpha value is -0.570. The fourth-order valence-corrected chi connectivity index (χ4v) is 3.86. The van der Waals surface area contributed by atoms with Crippen molar-refractivity contribution in [2.45, 2.75) is 18.8 Å². The van der Waals surface area contributed by atoms with Crippen LogP contribution in [0.4, 0.5) is 0 Å². The third kappa shape index (κ3) is 2.07. The lowest BCUT2D eigenvalue weighted by atomic mass is 9.68. The van der Waals surface area contributed by atoms with Gasteiger partial charge in [-0.05, 0) is 50.0 Å². The van der Waals surface area contributed by atoms with Crippen molar-refractivity contribution in [2.75, 3.05) is 33.2 Å². The van der Waals surface area contributed by atoms with Crippen LogP contribution < -0.4 is 5.32 Å². The Morgan fingerprint density at radius 2 is 2.00 bits per heavy atom. The molecule has 2 fully saturated rings. The maximum Gasteiger partial charge on any atom is 0.0441 e. The molecule has 3 rings (SSSR count). The SMILES string of the molecule is CN1CCC2(CC1)CNCC2c1ccccc1Cl. The van der Waals surface area contributed by atoms with Crippen LogP contribution in [-0.4, -0.2) is 38.1 Å². The van der Waals surface area contributed by atoms with E-state index in [2.05, 4.69) is 29.4 Å². The molecular formula is C15H21ClN2. The van der Waals surface area contributed by atoms with E-state index in [-0.39, 0.29) is 0 Å². The molecule has 2 heterocycles. The Morgan fingerprint density at radius 3 is 2.72 bits per heavy atom. The topological polar surface area (TPSA) is 15.3 Å². The number of hydrogen-bond donors (Lipinski definition) is 1. The lowest BCUT2D eigenvalue weighted by Gasteiger charge is -2.41. The molecule has 3 heteroatoms. The second-order valence-corrected chi connectivity index (χ2v) is 6.28. The third-order valence-electron chi connectivity index (χ3n) is 4.83. The normalized spacial score (nSPS) is 27.8. The molecular weight excluding hydrogens is 244 g/mol. The molecule has 0 aliphatic carbocycles. The molecule has 1 N–H and O–H groups in total. The molecule has 0 saturated carbocycles. The first-order valence-corrected chi connectivity index (χ1v) is 7.23. The first kappa shape index (κ1) is 12.5. The third-order valence-corrected chi connectivity index (χ3v) is 5.17. The lowest BCUT2D eigenvalue weighted by molar-refractivity contribution is 0.124. The van der Waals surface area contributed by atoms with Gasteiger partial charge in [-0.15, -0.1) is 0 Å². The van der Waals surface area contributed by atoms with Gasteiger partial charge in [-0.1, -0.05) is 29.8 Å². The highest BCUT2D eigenvalue weighted by atomic mass is 35.5. The van der Waals surface area contributed by atoms with Crippen molar-refractivity contribution in [3.8, 4) is 0 Å². The van der Waals surface area contributed by atoms with E-state index in [9.17, 15) is 0 Å². The molecule has 1 aromatic carbocycles. The molecule has 18 heavy (non-hydrogen) atoms. The summed E-state index contributed by atoms with van der Waals surface area (Å²) in [5, 5.41) is 4.53. The summed E-state index contributed by atoms with van der Waals surface area (Å²) in [4.78, 5) is 2.44. The van der Waals surface area contributed by atoms with Gasteiger partial charge in [-0.2, -0.15) is 0 Å². The Kier molecular flexibility index (Phi) is 3.35. The molecule has 2 aliphatic rings. The zero-order chi connectivity index (χ0) is 12.6. The van der Waals surface area contributed by atoms with Gasteiger partial charge < -0.3 is 10.2 Å². The van der Waals surface area contributed by atoms with Crippen LogP contribution in [-0.2, 0) is 0 Å². The molecule has 1 spiro atoms. The number of nitrogens with one attached hydrogen (secondary N) is 1. The quantitative estimate of drug-likeness (QED) is 0.839. The second kappa shape index (κ2) is 4.84. The molecule has 0 bridgehead atoms. The van der Waals surface area contributed by atoms with Gasteiger partial charge in [0.15, 0.2) is 0 Å². The lowest BCUT2D eigenvalue weighted by Crippen LogP contribution is -2.41. The molecule has 1 aromatic rings. The number of nitrogens with zero attached hydrogens (tertiary/aromatic N) is 1. The van der Waals surface area contributed by atoms with Crippen molar-refractivity contribution in [2.24, 2.45) is 5.41 Å². The zero-order valence-electron chi connectivity index (χ0n) is 11.0. The summed E-state index contributed by atoms with van der Waals surface area (Å²) in [5.74, 6) is 0.583. The highest BCUT2D eigenvalue weighted by Gasteiger charge is 2.45. The predicted molar refractivity (Wildman–Crippen MR) is 76.2 cm³/mol. The summed E-state index contributed by atoms with van der Waals surface area (Å²) in [6.45, 7) is 4.65. The Bertz CT molecular complexity index is 424. The average Bonchev–Trinajstić information content (AvgIpc) is 2.78. The van der Waals surface area contributed by atoms with E-state index in [1.807, 2.05) is 12.1 Å². The minimum Gasteiger partial charge on any atom is -0.316 e. The van der Waals surface area contributed by atoms with E-state index in [1.165, 1.54) is 31.5 Å². The van der Waals surface area contributed by atoms with Crippen LogP contribution >= 0.6 is 11.6 Å². The van der Waals surface area contributed by atoms with Gasteiger partial charge in [-0.25, -0.2) is 0 Å². The minimum absolute atomic E-state index is 0.428. The zero-order valence-corrected chi connectivity index (χ0v) is 11.7. The molecule has 1 atom stereocenters. The van der Waals surface area contributed by atoms with E-state index in [1.54, 1.807) is 0 Å². The van der Waals surface area contributed by atoms with Crippen molar-refractivity contribution < 1.29 is 0 Å². The number of hydrogen-bond acceptors (Lipinski definition) is 2. The molecule has 0 radical (unpaired) electrons. The first-order valence-electron chi connectivity index (χ1n) is 6.85. The molecule has 2 aliphatic heterocycles. The minimum atomic E-state index is 0.428. The van der Waals surface area contributed by atoms with Gasteiger partial charge in [0.2, 0.25) is 0 Å². The molecule has 2 saturated heterocycles. The summed E-state index contributed by atoms with van der Waals surface area (Å²) in [6.07, 6.45) is 2.57. The maximum atomic E-state index is 6.40. The van der Waals surface area contributed by atoms with Crippen molar-refractivity contribution in [3.63, 3.8) is 0 Å². The van der Waals surface area contributed by atoms with Gasteiger partial charge in [0.05, 0.1) is 0 Å². The van der Waals surface area contributed by atoms with Gasteiger partial charge in [-0.3, -0.25) is 0 Å². The van der Waals surface area contributed by atoms with Crippen molar-refractivity contribution in [1.82, 2.24) is 10.2 Å². The van der Waals surface area contributed by atoms with Crippen LogP contribution in [0.2, 0.25) is 5.02 Å². The van der Waals surface area contributed by atoms with Crippen LogP contribution in [0.15, 0.2) is 24.3 Å². The molecule has 98 valence electrons. The molecule has 0 aromatic heterocycles. The molecule has 2 nitrogen and oxygen atoms in total. The fraction of sp³-hybridized carbons (Fsp3) is 0.600. The largest absolute Gasteiger partial charge is 0.316 e. The number of piperidine rings is 1. The second-order valence-electron chi connectivity index (χ2n) is 5.87. The average molecular weight is 265 g/mol. The summed E-state index contributed by atoms with van der Waals surface area (Å²) in [6, 6.07) is 8.37. The summed E-state index contributed by atoms with van der Waals surface area (Å²) in [7, 11) is 2.22. The van der Waals surface area contributed by atoms with Crippen LogP contribution in [0.1, 0.15) is 24.3 Å². The Labute approximate surface area is 114 Å². The fourth-order valence-electron chi connectivity index (χ4n) is 3.59. The summed E-state index contributed by atoms with van der Waals surface area (Å²) in [5.41, 5.74) is 1.77. The van der Waals surface area contributed by atoms with E-state index in [0.29, 0.717) is 11.3 Å². The van der Waals surface area contributed by atoms with Crippen molar-refractivity contribution in [3.05, 3.63) is 34.9 Å². The first-order chi connectivity index (χ1) is 8.71. The highest BCUT2D eigenvalue weighted by Crippen LogP contribution is 2.48. The Balaban J connectivity index is 1.90. The van der Waals surface area contributed by atoms with Gasteiger partial charge in [0, 0.05) is 24.0 Å². The van der Waals surface area contributed by atoms with E-state index >= 15 is 0 Å². The smallest absolute Gasteiger partial charge is 0.0441 e. The predicted octanol–water partition coefficient (Wildman–Crippen LogP) is 2.74. The number of halogens is 1. The maximum absolute atomic E-state index is 6.40. The van der Waals surface area contributed by atoms with Crippen LogP contribution in [0.3, 0.4) is 0 Å². The van der Waals surface area contributed by atoms with E-state index < -0.39 is 0 Å².